The fourth-order valence-electron chi connectivity index (χ4n) is 1.32. The summed E-state index contributed by atoms with van der Waals surface area (Å²) >= 11 is 4.49. The van der Waals surface area contributed by atoms with Crippen molar-refractivity contribution in [1.29, 1.82) is 0 Å². The zero-order valence-corrected chi connectivity index (χ0v) is 11.0. The molecule has 0 aliphatic rings. The van der Waals surface area contributed by atoms with Crippen molar-refractivity contribution in [1.82, 2.24) is 0 Å². The van der Waals surface area contributed by atoms with E-state index in [0.29, 0.717) is 0 Å². The zero-order valence-electron chi connectivity index (χ0n) is 9.21. The Morgan fingerprint density at radius 3 is 2.29 bits per heavy atom. The number of thiocarbonyl (C=S) groups is 1. The minimum atomic E-state index is -1.92. The van der Waals surface area contributed by atoms with Crippen LogP contribution in [0.5, 0.6) is 0 Å². The van der Waals surface area contributed by atoms with Gasteiger partial charge in [-0.3, -0.25) is 0 Å². The average molecular weight is 233 g/mol. The highest BCUT2D eigenvalue weighted by molar-refractivity contribution is 7.78. The number of aliphatic imine (C=N–C) groups is 1. The summed E-state index contributed by atoms with van der Waals surface area (Å²) in [6.45, 7) is 8.27. The van der Waals surface area contributed by atoms with Gasteiger partial charge in [0, 0.05) is 19.8 Å². The molecule has 0 spiro atoms. The lowest BCUT2D eigenvalue weighted by atomic mass is 10.5. The molecule has 82 valence electrons. The molecular formula is C9H19NO2SSi. The molecule has 0 saturated heterocycles. The summed E-state index contributed by atoms with van der Waals surface area (Å²) < 4.78 is 11.4. The average Bonchev–Trinajstić information content (AvgIpc) is 2.13. The maximum atomic E-state index is 5.68. The van der Waals surface area contributed by atoms with Gasteiger partial charge in [-0.1, -0.05) is 0 Å². The van der Waals surface area contributed by atoms with Crippen LogP contribution in [-0.2, 0) is 8.85 Å². The highest BCUT2D eigenvalue weighted by atomic mass is 32.1. The normalized spacial score (nSPS) is 11.1. The number of nitrogens with zero attached hydrogens (tertiary/aromatic N) is 1. The van der Waals surface area contributed by atoms with Crippen LogP contribution in [0.25, 0.3) is 0 Å². The summed E-state index contributed by atoms with van der Waals surface area (Å²) in [5.74, 6) is 0. The molecule has 0 rings (SSSR count). The molecule has 0 bridgehead atoms. The summed E-state index contributed by atoms with van der Waals surface area (Å²) in [5.41, 5.74) is 0. The molecule has 14 heavy (non-hydrogen) atoms. The Kier molecular flexibility index (Phi) is 8.22. The van der Waals surface area contributed by atoms with Crippen molar-refractivity contribution in [2.75, 3.05) is 19.8 Å². The Labute approximate surface area is 92.8 Å². The van der Waals surface area contributed by atoms with Crippen LogP contribution in [0.2, 0.25) is 12.6 Å². The van der Waals surface area contributed by atoms with E-state index in [0.717, 1.165) is 32.2 Å². The first-order valence-electron chi connectivity index (χ1n) is 5.00. The molecule has 0 radical (unpaired) electrons. The second-order valence-electron chi connectivity index (χ2n) is 3.08. The predicted molar refractivity (Wildman–Crippen MR) is 64.2 cm³/mol. The van der Waals surface area contributed by atoms with Crippen LogP contribution in [0, 0.1) is 0 Å². The van der Waals surface area contributed by atoms with Crippen molar-refractivity contribution in [3.63, 3.8) is 0 Å². The highest BCUT2D eigenvalue weighted by Crippen LogP contribution is 2.15. The summed E-state index contributed by atoms with van der Waals surface area (Å²) in [6, 6.07) is 0.967. The first-order chi connectivity index (χ1) is 6.68. The first kappa shape index (κ1) is 13.9. The van der Waals surface area contributed by atoms with E-state index < -0.39 is 8.56 Å². The van der Waals surface area contributed by atoms with Crippen LogP contribution in [0.3, 0.4) is 0 Å². The minimum Gasteiger partial charge on any atom is -0.395 e. The van der Waals surface area contributed by atoms with E-state index >= 15 is 0 Å². The fraction of sp³-hybridized carbons (Fsp3) is 0.889. The molecule has 0 fully saturated rings. The van der Waals surface area contributed by atoms with Gasteiger partial charge < -0.3 is 8.85 Å². The molecule has 0 aliphatic carbocycles. The second-order valence-corrected chi connectivity index (χ2v) is 6.60. The number of isothiocyanates is 1. The summed E-state index contributed by atoms with van der Waals surface area (Å²) in [6.07, 6.45) is 0.965. The Balaban J connectivity index is 3.88. The van der Waals surface area contributed by atoms with Gasteiger partial charge in [0.2, 0.25) is 0 Å². The van der Waals surface area contributed by atoms with Gasteiger partial charge in [0.1, 0.15) is 0 Å². The molecule has 0 aromatic rings. The number of hydrogen-bond donors (Lipinski definition) is 0. The molecule has 0 unspecified atom stereocenters. The largest absolute Gasteiger partial charge is 0.395 e. The summed E-state index contributed by atoms with van der Waals surface area (Å²) in [4.78, 5) is 3.87. The van der Waals surface area contributed by atoms with Gasteiger partial charge in [0.05, 0.1) is 5.16 Å². The molecule has 0 aliphatic heterocycles. The Morgan fingerprint density at radius 2 is 1.86 bits per heavy atom. The summed E-state index contributed by atoms with van der Waals surface area (Å²) in [7, 11) is -1.92. The van der Waals surface area contributed by atoms with Gasteiger partial charge in [0.15, 0.2) is 0 Å². The molecule has 3 nitrogen and oxygen atoms in total. The maximum absolute atomic E-state index is 5.68. The fourth-order valence-corrected chi connectivity index (χ4v) is 3.81. The van der Waals surface area contributed by atoms with Gasteiger partial charge >= 0.3 is 8.56 Å². The molecule has 0 atom stereocenters. The third-order valence-electron chi connectivity index (χ3n) is 1.86. The van der Waals surface area contributed by atoms with Crippen molar-refractivity contribution < 1.29 is 8.85 Å². The smallest absolute Gasteiger partial charge is 0.334 e. The van der Waals surface area contributed by atoms with Crippen LogP contribution < -0.4 is 0 Å². The third kappa shape index (κ3) is 6.40. The molecule has 0 aromatic heterocycles. The van der Waals surface area contributed by atoms with Gasteiger partial charge in [-0.25, -0.2) is 4.99 Å². The SMILES string of the molecule is CCO[Si](C)(CCCN=C=S)OCC. The Hall–Kier alpha value is -0.0631. The van der Waals surface area contributed by atoms with Gasteiger partial charge in [-0.15, -0.1) is 0 Å². The van der Waals surface area contributed by atoms with Crippen LogP contribution in [0.1, 0.15) is 20.3 Å². The molecule has 0 amide bonds. The third-order valence-corrected chi connectivity index (χ3v) is 5.05. The van der Waals surface area contributed by atoms with E-state index in [1.165, 1.54) is 0 Å². The van der Waals surface area contributed by atoms with Crippen molar-refractivity contribution >= 4 is 25.9 Å². The van der Waals surface area contributed by atoms with Crippen molar-refractivity contribution in [3.8, 4) is 0 Å². The van der Waals surface area contributed by atoms with E-state index in [2.05, 4.69) is 28.9 Å². The minimum absolute atomic E-state index is 0.721. The monoisotopic (exact) mass is 233 g/mol. The van der Waals surface area contributed by atoms with Gasteiger partial charge in [0.25, 0.3) is 0 Å². The first-order valence-corrected chi connectivity index (χ1v) is 7.93. The van der Waals surface area contributed by atoms with Crippen molar-refractivity contribution in [2.24, 2.45) is 4.99 Å². The Morgan fingerprint density at radius 1 is 1.29 bits per heavy atom. The van der Waals surface area contributed by atoms with E-state index in [1.54, 1.807) is 0 Å². The van der Waals surface area contributed by atoms with E-state index in [-0.39, 0.29) is 0 Å². The lowest BCUT2D eigenvalue weighted by molar-refractivity contribution is 0.188. The number of rotatable bonds is 8. The molecule has 0 saturated carbocycles. The van der Waals surface area contributed by atoms with Crippen molar-refractivity contribution in [3.05, 3.63) is 0 Å². The zero-order chi connectivity index (χ0) is 10.9. The highest BCUT2D eigenvalue weighted by Gasteiger charge is 2.29. The Bertz CT molecular complexity index is 189. The van der Waals surface area contributed by atoms with Gasteiger partial charge in [-0.2, -0.15) is 0 Å². The van der Waals surface area contributed by atoms with E-state index in [4.69, 9.17) is 8.85 Å². The number of hydrogen-bond acceptors (Lipinski definition) is 4. The quantitative estimate of drug-likeness (QED) is 0.279. The molecule has 0 aromatic carbocycles. The topological polar surface area (TPSA) is 30.8 Å². The van der Waals surface area contributed by atoms with Crippen LogP contribution in [0.15, 0.2) is 4.99 Å². The van der Waals surface area contributed by atoms with E-state index in [1.807, 2.05) is 13.8 Å². The molecule has 0 N–H and O–H groups in total. The van der Waals surface area contributed by atoms with Crippen molar-refractivity contribution in [2.45, 2.75) is 32.9 Å². The maximum Gasteiger partial charge on any atom is 0.334 e. The standard InChI is InChI=1S/C9H19NO2SSi/c1-4-11-14(3,12-5-2)8-6-7-10-9-13/h4-8H2,1-3H3. The van der Waals surface area contributed by atoms with Crippen LogP contribution >= 0.6 is 12.2 Å². The molecule has 0 heterocycles. The lowest BCUT2D eigenvalue weighted by Crippen LogP contribution is -2.38. The summed E-state index contributed by atoms with van der Waals surface area (Å²) in [5, 5.41) is 2.36. The molecular weight excluding hydrogens is 214 g/mol. The second kappa shape index (κ2) is 8.26. The predicted octanol–water partition coefficient (Wildman–Crippen LogP) is 2.62. The lowest BCUT2D eigenvalue weighted by Gasteiger charge is -2.25. The van der Waals surface area contributed by atoms with Crippen LogP contribution in [-0.4, -0.2) is 33.5 Å². The van der Waals surface area contributed by atoms with E-state index in [9.17, 15) is 0 Å². The molecule has 5 heteroatoms. The van der Waals surface area contributed by atoms with Crippen LogP contribution in [0.4, 0.5) is 0 Å². The van der Waals surface area contributed by atoms with Gasteiger partial charge in [-0.05, 0) is 45.1 Å².